The van der Waals surface area contributed by atoms with Crippen molar-refractivity contribution in [1.82, 2.24) is 5.32 Å². The van der Waals surface area contributed by atoms with Crippen LogP contribution in [0.1, 0.15) is 13.3 Å². The minimum atomic E-state index is -0.299. The van der Waals surface area contributed by atoms with Crippen LogP contribution in [0.25, 0.3) is 0 Å². The van der Waals surface area contributed by atoms with Gasteiger partial charge in [-0.25, -0.2) is 0 Å². The highest BCUT2D eigenvalue weighted by Gasteiger charge is 2.24. The van der Waals surface area contributed by atoms with Crippen molar-refractivity contribution in [3.05, 3.63) is 0 Å². The van der Waals surface area contributed by atoms with Gasteiger partial charge >= 0.3 is 0 Å². The molecule has 1 heterocycles. The average molecular weight is 145 g/mol. The third kappa shape index (κ3) is 1.94. The zero-order chi connectivity index (χ0) is 7.40. The lowest BCUT2D eigenvalue weighted by Crippen LogP contribution is -2.39. The molecule has 3 nitrogen and oxygen atoms in total. The molecule has 0 radical (unpaired) electrons. The standard InChI is InChI=1S/C7H15NO2/c1-2-3-8-6-4-10-5-7(6)9/h6-9H,2-5H2,1H3. The van der Waals surface area contributed by atoms with Crippen LogP contribution in [0.2, 0.25) is 0 Å². The number of nitrogens with one attached hydrogen (secondary N) is 1. The number of hydrogen-bond donors (Lipinski definition) is 2. The number of aliphatic hydroxyl groups is 1. The molecule has 0 spiro atoms. The van der Waals surface area contributed by atoms with Gasteiger partial charge in [0.2, 0.25) is 0 Å². The second-order valence-corrected chi connectivity index (χ2v) is 2.67. The van der Waals surface area contributed by atoms with Crippen LogP contribution in [0.3, 0.4) is 0 Å². The molecule has 10 heavy (non-hydrogen) atoms. The van der Waals surface area contributed by atoms with Gasteiger partial charge in [0.15, 0.2) is 0 Å². The second kappa shape index (κ2) is 3.91. The van der Waals surface area contributed by atoms with E-state index in [0.29, 0.717) is 13.2 Å². The molecule has 1 aliphatic heterocycles. The fraction of sp³-hybridized carbons (Fsp3) is 1.00. The average Bonchev–Trinajstić information content (AvgIpc) is 2.31. The Morgan fingerprint density at radius 2 is 2.40 bits per heavy atom. The van der Waals surface area contributed by atoms with Gasteiger partial charge < -0.3 is 15.2 Å². The molecular weight excluding hydrogens is 130 g/mol. The summed E-state index contributed by atoms with van der Waals surface area (Å²) in [5, 5.41) is 12.4. The molecule has 0 aliphatic carbocycles. The first-order valence-corrected chi connectivity index (χ1v) is 3.83. The Labute approximate surface area is 61.4 Å². The van der Waals surface area contributed by atoms with Crippen LogP contribution in [0.15, 0.2) is 0 Å². The lowest BCUT2D eigenvalue weighted by molar-refractivity contribution is 0.122. The van der Waals surface area contributed by atoms with E-state index in [1.165, 1.54) is 0 Å². The van der Waals surface area contributed by atoms with Crippen molar-refractivity contribution in [2.24, 2.45) is 0 Å². The van der Waals surface area contributed by atoms with Gasteiger partial charge in [-0.05, 0) is 13.0 Å². The lowest BCUT2D eigenvalue weighted by Gasteiger charge is -2.12. The molecule has 1 saturated heterocycles. The minimum Gasteiger partial charge on any atom is -0.389 e. The van der Waals surface area contributed by atoms with Gasteiger partial charge in [0.25, 0.3) is 0 Å². The van der Waals surface area contributed by atoms with Gasteiger partial charge in [0.1, 0.15) is 0 Å². The number of hydrogen-bond acceptors (Lipinski definition) is 3. The van der Waals surface area contributed by atoms with Crippen LogP contribution in [-0.2, 0) is 4.74 Å². The third-order valence-electron chi connectivity index (χ3n) is 1.71. The highest BCUT2D eigenvalue weighted by atomic mass is 16.5. The minimum absolute atomic E-state index is 0.167. The van der Waals surface area contributed by atoms with E-state index in [1.54, 1.807) is 0 Å². The molecule has 0 bridgehead atoms. The number of ether oxygens (including phenoxy) is 1. The Kier molecular flexibility index (Phi) is 3.12. The van der Waals surface area contributed by atoms with Crippen LogP contribution in [0.5, 0.6) is 0 Å². The van der Waals surface area contributed by atoms with Crippen molar-refractivity contribution in [3.63, 3.8) is 0 Å². The maximum Gasteiger partial charge on any atom is 0.0948 e. The van der Waals surface area contributed by atoms with E-state index in [-0.39, 0.29) is 12.1 Å². The third-order valence-corrected chi connectivity index (χ3v) is 1.71. The number of rotatable bonds is 3. The Bertz CT molecular complexity index is 97.6. The van der Waals surface area contributed by atoms with E-state index in [1.807, 2.05) is 0 Å². The SMILES string of the molecule is CCCNC1COCC1O. The van der Waals surface area contributed by atoms with Crippen LogP contribution >= 0.6 is 0 Å². The summed E-state index contributed by atoms with van der Waals surface area (Å²) in [6.07, 6.45) is 0.801. The predicted octanol–water partition coefficient (Wildman–Crippen LogP) is -0.254. The molecule has 3 heteroatoms. The molecule has 0 aromatic heterocycles. The zero-order valence-corrected chi connectivity index (χ0v) is 6.34. The van der Waals surface area contributed by atoms with Gasteiger partial charge in [-0.2, -0.15) is 0 Å². The van der Waals surface area contributed by atoms with Crippen LogP contribution in [0.4, 0.5) is 0 Å². The molecule has 0 amide bonds. The smallest absolute Gasteiger partial charge is 0.0948 e. The van der Waals surface area contributed by atoms with E-state index in [2.05, 4.69) is 12.2 Å². The first-order chi connectivity index (χ1) is 4.84. The largest absolute Gasteiger partial charge is 0.389 e. The molecule has 2 atom stereocenters. The molecule has 1 aliphatic rings. The molecular formula is C7H15NO2. The Morgan fingerprint density at radius 3 is 2.90 bits per heavy atom. The van der Waals surface area contributed by atoms with Gasteiger partial charge in [-0.1, -0.05) is 6.92 Å². The van der Waals surface area contributed by atoms with E-state index in [9.17, 15) is 5.11 Å². The molecule has 2 N–H and O–H groups in total. The topological polar surface area (TPSA) is 41.5 Å². The zero-order valence-electron chi connectivity index (χ0n) is 6.34. The maximum absolute atomic E-state index is 9.23. The summed E-state index contributed by atoms with van der Waals surface area (Å²) in [6, 6.07) is 0.167. The summed E-state index contributed by atoms with van der Waals surface area (Å²) in [7, 11) is 0. The van der Waals surface area contributed by atoms with Crippen LogP contribution in [-0.4, -0.2) is 37.0 Å². The Morgan fingerprint density at radius 1 is 1.60 bits per heavy atom. The van der Waals surface area contributed by atoms with Crippen molar-refractivity contribution in [2.45, 2.75) is 25.5 Å². The summed E-state index contributed by atoms with van der Waals surface area (Å²) in [5.74, 6) is 0. The Hall–Kier alpha value is -0.120. The van der Waals surface area contributed by atoms with Crippen molar-refractivity contribution >= 4 is 0 Å². The Balaban J connectivity index is 2.14. The monoisotopic (exact) mass is 145 g/mol. The van der Waals surface area contributed by atoms with Gasteiger partial charge in [-0.3, -0.25) is 0 Å². The van der Waals surface area contributed by atoms with E-state index < -0.39 is 0 Å². The lowest BCUT2D eigenvalue weighted by atomic mass is 10.2. The van der Waals surface area contributed by atoms with Crippen molar-refractivity contribution in [3.8, 4) is 0 Å². The fourth-order valence-corrected chi connectivity index (χ4v) is 1.07. The first kappa shape index (κ1) is 7.98. The number of aliphatic hydroxyl groups excluding tert-OH is 1. The van der Waals surface area contributed by atoms with E-state index >= 15 is 0 Å². The fourth-order valence-electron chi connectivity index (χ4n) is 1.07. The molecule has 0 aromatic carbocycles. The van der Waals surface area contributed by atoms with Crippen molar-refractivity contribution in [2.75, 3.05) is 19.8 Å². The molecule has 1 rings (SSSR count). The first-order valence-electron chi connectivity index (χ1n) is 3.83. The van der Waals surface area contributed by atoms with Crippen molar-refractivity contribution < 1.29 is 9.84 Å². The van der Waals surface area contributed by atoms with Crippen LogP contribution in [0, 0.1) is 0 Å². The van der Waals surface area contributed by atoms with Gasteiger partial charge in [-0.15, -0.1) is 0 Å². The highest BCUT2D eigenvalue weighted by molar-refractivity contribution is 4.79. The van der Waals surface area contributed by atoms with Crippen LogP contribution < -0.4 is 5.32 Å². The predicted molar refractivity (Wildman–Crippen MR) is 38.9 cm³/mol. The normalized spacial score (nSPS) is 33.0. The molecule has 0 saturated carbocycles. The molecule has 0 aromatic rings. The highest BCUT2D eigenvalue weighted by Crippen LogP contribution is 2.04. The van der Waals surface area contributed by atoms with E-state index in [4.69, 9.17) is 4.74 Å². The molecule has 1 fully saturated rings. The summed E-state index contributed by atoms with van der Waals surface area (Å²) in [5.41, 5.74) is 0. The summed E-state index contributed by atoms with van der Waals surface area (Å²) in [4.78, 5) is 0. The van der Waals surface area contributed by atoms with Gasteiger partial charge in [0.05, 0.1) is 25.4 Å². The van der Waals surface area contributed by atoms with Crippen molar-refractivity contribution in [1.29, 1.82) is 0 Å². The maximum atomic E-state index is 9.23. The molecule has 60 valence electrons. The van der Waals surface area contributed by atoms with Gasteiger partial charge in [0, 0.05) is 0 Å². The quantitative estimate of drug-likeness (QED) is 0.575. The van der Waals surface area contributed by atoms with E-state index in [0.717, 1.165) is 13.0 Å². The summed E-state index contributed by atoms with van der Waals surface area (Å²) >= 11 is 0. The summed E-state index contributed by atoms with van der Waals surface area (Å²) < 4.78 is 5.05. The molecule has 2 unspecified atom stereocenters. The summed E-state index contributed by atoms with van der Waals surface area (Å²) in [6.45, 7) is 4.21. The second-order valence-electron chi connectivity index (χ2n) is 2.67.